The Morgan fingerprint density at radius 3 is 2.39 bits per heavy atom. The highest BCUT2D eigenvalue weighted by Crippen LogP contribution is 2.22. The highest BCUT2D eigenvalue weighted by atomic mass is 19.4. The topological polar surface area (TPSA) is 72.6 Å². The summed E-state index contributed by atoms with van der Waals surface area (Å²) in [4.78, 5) is 11.2. The van der Waals surface area contributed by atoms with Crippen molar-refractivity contribution in [3.63, 3.8) is 0 Å². The number of ether oxygens (including phenoxy) is 1. The second-order valence-corrected chi connectivity index (χ2v) is 3.61. The molecule has 0 aliphatic heterocycles. The van der Waals surface area contributed by atoms with Crippen LogP contribution in [0.3, 0.4) is 0 Å². The molecule has 1 rings (SSSR count). The Labute approximate surface area is 101 Å². The van der Waals surface area contributed by atoms with E-state index in [2.05, 4.69) is 4.74 Å². The monoisotopic (exact) mass is 263 g/mol. The van der Waals surface area contributed by atoms with Crippen LogP contribution in [0.25, 0.3) is 0 Å². The molecule has 1 aromatic rings. The van der Waals surface area contributed by atoms with Gasteiger partial charge in [0, 0.05) is 0 Å². The molecule has 3 N–H and O–H groups in total. The smallest absolute Gasteiger partial charge is 0.416 e. The number of carbonyl (C=O) groups excluding carboxylic acids is 1. The Morgan fingerprint density at radius 2 is 1.89 bits per heavy atom. The van der Waals surface area contributed by atoms with E-state index < -0.39 is 24.3 Å². The van der Waals surface area contributed by atoms with Gasteiger partial charge in [0.15, 0.2) is 6.10 Å². The van der Waals surface area contributed by atoms with Crippen molar-refractivity contribution in [2.75, 3.05) is 0 Å². The lowest BCUT2D eigenvalue weighted by Crippen LogP contribution is -2.50. The van der Waals surface area contributed by atoms with Crippen LogP contribution >= 0.6 is 0 Å². The van der Waals surface area contributed by atoms with Crippen LogP contribution in [-0.4, -0.2) is 29.4 Å². The van der Waals surface area contributed by atoms with Crippen molar-refractivity contribution in [1.82, 2.24) is 0 Å². The molecule has 0 aromatic heterocycles. The van der Waals surface area contributed by atoms with Gasteiger partial charge in [-0.2, -0.15) is 13.2 Å². The fraction of sp³-hybridized carbons (Fsp3) is 0.364. The van der Waals surface area contributed by atoms with Crippen LogP contribution in [0.4, 0.5) is 13.2 Å². The van der Waals surface area contributed by atoms with Gasteiger partial charge >= 0.3 is 12.1 Å². The third-order valence-corrected chi connectivity index (χ3v) is 2.17. The third kappa shape index (κ3) is 4.01. The van der Waals surface area contributed by atoms with Gasteiger partial charge in [-0.3, -0.25) is 4.79 Å². The minimum Gasteiger partial charge on any atom is -0.460 e. The maximum atomic E-state index is 12.1. The molecule has 0 bridgehead atoms. The van der Waals surface area contributed by atoms with E-state index in [9.17, 15) is 18.0 Å². The molecule has 7 heteroatoms. The summed E-state index contributed by atoms with van der Waals surface area (Å²) in [6.45, 7) is -0.196. The van der Waals surface area contributed by atoms with Gasteiger partial charge in [0.1, 0.15) is 12.6 Å². The number of carbonyl (C=O) groups is 1. The van der Waals surface area contributed by atoms with E-state index in [-0.39, 0.29) is 6.61 Å². The van der Waals surface area contributed by atoms with E-state index in [1.54, 1.807) is 30.3 Å². The molecule has 0 aliphatic carbocycles. The number of esters is 1. The van der Waals surface area contributed by atoms with Crippen LogP contribution in [0.5, 0.6) is 0 Å². The highest BCUT2D eigenvalue weighted by molar-refractivity contribution is 5.76. The fourth-order valence-electron chi connectivity index (χ4n) is 1.16. The third-order valence-electron chi connectivity index (χ3n) is 2.17. The van der Waals surface area contributed by atoms with Gasteiger partial charge in [-0.1, -0.05) is 30.3 Å². The first kappa shape index (κ1) is 14.5. The van der Waals surface area contributed by atoms with Crippen molar-refractivity contribution >= 4 is 5.97 Å². The van der Waals surface area contributed by atoms with Crippen LogP contribution in [-0.2, 0) is 16.1 Å². The number of rotatable bonds is 4. The van der Waals surface area contributed by atoms with Gasteiger partial charge in [-0.25, -0.2) is 0 Å². The Bertz CT molecular complexity index is 394. The Hall–Kier alpha value is -1.60. The van der Waals surface area contributed by atoms with Crippen LogP contribution < -0.4 is 5.73 Å². The summed E-state index contributed by atoms with van der Waals surface area (Å²) >= 11 is 0. The number of hydrogen-bond donors (Lipinski definition) is 2. The van der Waals surface area contributed by atoms with Crippen LogP contribution in [0.15, 0.2) is 30.3 Å². The summed E-state index contributed by atoms with van der Waals surface area (Å²) < 4.78 is 40.8. The number of aliphatic hydroxyl groups excluding tert-OH is 1. The predicted molar refractivity (Wildman–Crippen MR) is 56.3 cm³/mol. The van der Waals surface area contributed by atoms with Crippen LogP contribution in [0.1, 0.15) is 5.56 Å². The van der Waals surface area contributed by atoms with Gasteiger partial charge in [0.25, 0.3) is 0 Å². The van der Waals surface area contributed by atoms with Crippen molar-refractivity contribution in [2.45, 2.75) is 24.9 Å². The zero-order chi connectivity index (χ0) is 13.8. The number of halogens is 3. The largest absolute Gasteiger partial charge is 0.460 e. The first-order chi connectivity index (χ1) is 8.32. The van der Waals surface area contributed by atoms with E-state index in [1.807, 2.05) is 0 Å². The Balaban J connectivity index is 2.51. The fourth-order valence-corrected chi connectivity index (χ4v) is 1.16. The predicted octanol–water partition coefficient (Wildman–Crippen LogP) is 0.980. The molecular weight excluding hydrogens is 251 g/mol. The van der Waals surface area contributed by atoms with Gasteiger partial charge in [-0.05, 0) is 5.56 Å². The summed E-state index contributed by atoms with van der Waals surface area (Å²) in [6, 6.07) is 6.25. The van der Waals surface area contributed by atoms with Crippen molar-refractivity contribution in [3.8, 4) is 0 Å². The van der Waals surface area contributed by atoms with E-state index in [0.717, 1.165) is 0 Å². The molecule has 18 heavy (non-hydrogen) atoms. The molecular formula is C11H12F3NO3. The molecule has 0 spiro atoms. The summed E-state index contributed by atoms with van der Waals surface area (Å²) in [6.07, 6.45) is -7.88. The molecule has 4 nitrogen and oxygen atoms in total. The summed E-state index contributed by atoms with van der Waals surface area (Å²) in [5.74, 6) is -1.30. The van der Waals surface area contributed by atoms with E-state index in [0.29, 0.717) is 5.56 Å². The van der Waals surface area contributed by atoms with Gasteiger partial charge in [0.05, 0.1) is 0 Å². The quantitative estimate of drug-likeness (QED) is 0.794. The van der Waals surface area contributed by atoms with Crippen molar-refractivity contribution in [3.05, 3.63) is 35.9 Å². The van der Waals surface area contributed by atoms with E-state index in [4.69, 9.17) is 10.8 Å². The van der Waals surface area contributed by atoms with Crippen molar-refractivity contribution in [2.24, 2.45) is 5.73 Å². The highest BCUT2D eigenvalue weighted by Gasteiger charge is 2.45. The molecule has 100 valence electrons. The van der Waals surface area contributed by atoms with Gasteiger partial charge < -0.3 is 15.6 Å². The van der Waals surface area contributed by atoms with E-state index in [1.165, 1.54) is 0 Å². The minimum absolute atomic E-state index is 0.196. The number of hydrogen-bond acceptors (Lipinski definition) is 4. The number of benzene rings is 1. The summed E-state index contributed by atoms with van der Waals surface area (Å²) in [5.41, 5.74) is 5.58. The van der Waals surface area contributed by atoms with E-state index >= 15 is 0 Å². The molecule has 2 unspecified atom stereocenters. The van der Waals surface area contributed by atoms with Gasteiger partial charge in [-0.15, -0.1) is 0 Å². The zero-order valence-electron chi connectivity index (χ0n) is 9.22. The molecule has 0 aliphatic rings. The number of aliphatic hydroxyl groups is 1. The maximum absolute atomic E-state index is 12.1. The second kappa shape index (κ2) is 5.83. The molecule has 2 atom stereocenters. The van der Waals surface area contributed by atoms with Crippen LogP contribution in [0.2, 0.25) is 0 Å². The molecule has 0 amide bonds. The average Bonchev–Trinajstić information content (AvgIpc) is 2.34. The Morgan fingerprint density at radius 1 is 1.33 bits per heavy atom. The lowest BCUT2D eigenvalue weighted by Gasteiger charge is -2.19. The number of nitrogens with two attached hydrogens (primary N) is 1. The lowest BCUT2D eigenvalue weighted by atomic mass is 10.1. The second-order valence-electron chi connectivity index (χ2n) is 3.61. The SMILES string of the molecule is NC(C(=O)OCc1ccccc1)C(O)C(F)(F)F. The first-order valence-corrected chi connectivity index (χ1v) is 5.03. The molecule has 0 radical (unpaired) electrons. The van der Waals surface area contributed by atoms with Gasteiger partial charge in [0.2, 0.25) is 0 Å². The molecule has 0 heterocycles. The van der Waals surface area contributed by atoms with Crippen molar-refractivity contribution in [1.29, 1.82) is 0 Å². The van der Waals surface area contributed by atoms with Crippen molar-refractivity contribution < 1.29 is 27.8 Å². The number of alkyl halides is 3. The normalized spacial score (nSPS) is 14.9. The summed E-state index contributed by atoms with van der Waals surface area (Å²) in [5, 5.41) is 8.77. The lowest BCUT2D eigenvalue weighted by molar-refractivity contribution is -0.214. The first-order valence-electron chi connectivity index (χ1n) is 5.03. The Kier molecular flexibility index (Phi) is 4.69. The molecule has 0 fully saturated rings. The summed E-state index contributed by atoms with van der Waals surface area (Å²) in [7, 11) is 0. The van der Waals surface area contributed by atoms with Crippen LogP contribution in [0, 0.1) is 0 Å². The molecule has 0 saturated carbocycles. The standard InChI is InChI=1S/C11H12F3NO3/c12-11(13,14)9(16)8(15)10(17)18-6-7-4-2-1-3-5-7/h1-5,8-9,16H,6,15H2. The zero-order valence-corrected chi connectivity index (χ0v) is 9.22. The minimum atomic E-state index is -4.95. The molecule has 0 saturated heterocycles. The maximum Gasteiger partial charge on any atom is 0.416 e. The average molecular weight is 263 g/mol. The molecule has 1 aromatic carbocycles.